The minimum atomic E-state index is 0.513. The highest BCUT2D eigenvalue weighted by Gasteiger charge is 1.95. The predicted octanol–water partition coefficient (Wildman–Crippen LogP) is 2.66. The molecule has 1 aromatic rings. The lowest BCUT2D eigenvalue weighted by Crippen LogP contribution is -1.91. The maximum absolute atomic E-state index is 2.21. The van der Waals surface area contributed by atoms with Gasteiger partial charge in [-0.25, -0.2) is 0 Å². The minimum absolute atomic E-state index is 0.513. The third-order valence-corrected chi connectivity index (χ3v) is 3.79. The summed E-state index contributed by atoms with van der Waals surface area (Å²) in [5.41, 5.74) is 4.42. The van der Waals surface area contributed by atoms with Crippen LogP contribution < -0.4 is 0 Å². The molecule has 0 nitrogen and oxygen atoms in total. The van der Waals surface area contributed by atoms with E-state index < -0.39 is 0 Å². The van der Waals surface area contributed by atoms with Gasteiger partial charge in [0.1, 0.15) is 0 Å². The SMILES string of the molecule is C1CCSCC1.c1cc[siH]cc1. The Bertz CT molecular complexity index is 134. The van der Waals surface area contributed by atoms with E-state index in [1.165, 1.54) is 30.8 Å². The molecular weight excluding hydrogens is 180 g/mol. The molecule has 0 aliphatic carbocycles. The van der Waals surface area contributed by atoms with Gasteiger partial charge in [-0.05, 0) is 24.3 Å². The Balaban J connectivity index is 0.000000120. The van der Waals surface area contributed by atoms with Gasteiger partial charge in [-0.1, -0.05) is 36.0 Å². The van der Waals surface area contributed by atoms with Crippen LogP contribution in [0, 0.1) is 0 Å². The minimum Gasteiger partial charge on any atom is -0.162 e. The average molecular weight is 196 g/mol. The lowest BCUT2D eigenvalue weighted by atomic mass is 10.3. The van der Waals surface area contributed by atoms with Gasteiger partial charge in [-0.3, -0.25) is 0 Å². The first kappa shape index (κ1) is 10.0. The maximum Gasteiger partial charge on any atom is 0.0198 e. The van der Waals surface area contributed by atoms with E-state index in [2.05, 4.69) is 41.3 Å². The Hall–Kier alpha value is -0.0831. The van der Waals surface area contributed by atoms with E-state index in [-0.39, 0.29) is 0 Å². The van der Waals surface area contributed by atoms with Gasteiger partial charge in [0.15, 0.2) is 0 Å². The van der Waals surface area contributed by atoms with Crippen molar-refractivity contribution in [2.45, 2.75) is 19.3 Å². The summed E-state index contributed by atoms with van der Waals surface area (Å²) in [6, 6.07) is 6.24. The van der Waals surface area contributed by atoms with Crippen LogP contribution in [-0.4, -0.2) is 20.6 Å². The summed E-state index contributed by atoms with van der Waals surface area (Å²) in [7, 11) is 0.513. The Labute approximate surface area is 81.5 Å². The highest BCUT2D eigenvalue weighted by molar-refractivity contribution is 7.99. The van der Waals surface area contributed by atoms with Crippen LogP contribution in [0.2, 0.25) is 0 Å². The fourth-order valence-corrected chi connectivity index (χ4v) is 2.73. The molecule has 2 rings (SSSR count). The molecule has 0 unspecified atom stereocenters. The van der Waals surface area contributed by atoms with Crippen LogP contribution in [0.4, 0.5) is 0 Å². The second-order valence-electron chi connectivity index (χ2n) is 2.83. The van der Waals surface area contributed by atoms with Crippen molar-refractivity contribution in [2.75, 3.05) is 11.5 Å². The van der Waals surface area contributed by atoms with Gasteiger partial charge in [0, 0.05) is 9.12 Å². The molecule has 0 spiro atoms. The number of rotatable bonds is 0. The molecule has 1 aromatic heterocycles. The molecule has 0 aromatic carbocycles. The van der Waals surface area contributed by atoms with Crippen molar-refractivity contribution < 1.29 is 0 Å². The van der Waals surface area contributed by atoms with Crippen molar-refractivity contribution in [1.82, 2.24) is 0 Å². The molecule has 0 N–H and O–H groups in total. The molecule has 0 bridgehead atoms. The fraction of sp³-hybridized carbons (Fsp3) is 0.500. The summed E-state index contributed by atoms with van der Waals surface area (Å²) in [4.78, 5) is 0. The monoisotopic (exact) mass is 196 g/mol. The number of thioether (sulfide) groups is 1. The molecular formula is C10H16SSi. The summed E-state index contributed by atoms with van der Waals surface area (Å²) in [6.45, 7) is 0. The van der Waals surface area contributed by atoms with E-state index in [9.17, 15) is 0 Å². The second kappa shape index (κ2) is 7.56. The molecule has 0 amide bonds. The molecule has 0 atom stereocenters. The maximum atomic E-state index is 2.21. The summed E-state index contributed by atoms with van der Waals surface area (Å²) >= 11 is 2.09. The Morgan fingerprint density at radius 3 is 1.67 bits per heavy atom. The Morgan fingerprint density at radius 2 is 1.50 bits per heavy atom. The summed E-state index contributed by atoms with van der Waals surface area (Å²) < 4.78 is 0. The van der Waals surface area contributed by atoms with Gasteiger partial charge in [0.2, 0.25) is 0 Å². The predicted molar refractivity (Wildman–Crippen MR) is 60.4 cm³/mol. The van der Waals surface area contributed by atoms with Crippen LogP contribution in [0.5, 0.6) is 0 Å². The zero-order chi connectivity index (χ0) is 8.49. The first-order chi connectivity index (χ1) is 6.00. The standard InChI is InChI=1S/C5H10S.C5H6Si/c2*1-2-4-6-5-3-1/h1-5H2;1-6H. The fourth-order valence-electron chi connectivity index (χ4n) is 1.07. The first-order valence-electron chi connectivity index (χ1n) is 4.58. The van der Waals surface area contributed by atoms with Crippen LogP contribution in [0.3, 0.4) is 0 Å². The molecule has 66 valence electrons. The lowest BCUT2D eigenvalue weighted by molar-refractivity contribution is 0.764. The molecule has 2 heteroatoms. The summed E-state index contributed by atoms with van der Waals surface area (Å²) in [5, 5.41) is 0. The van der Waals surface area contributed by atoms with Gasteiger partial charge < -0.3 is 0 Å². The van der Waals surface area contributed by atoms with Crippen LogP contribution in [0.25, 0.3) is 0 Å². The van der Waals surface area contributed by atoms with Crippen LogP contribution >= 0.6 is 11.8 Å². The quantitative estimate of drug-likeness (QED) is 0.575. The molecule has 1 aliphatic heterocycles. The summed E-state index contributed by atoms with van der Waals surface area (Å²) in [5.74, 6) is 2.83. The first-order valence-corrected chi connectivity index (χ1v) is 7.07. The Morgan fingerprint density at radius 1 is 0.833 bits per heavy atom. The summed E-state index contributed by atoms with van der Waals surface area (Å²) in [6.07, 6.45) is 4.41. The van der Waals surface area contributed by atoms with E-state index in [4.69, 9.17) is 0 Å². The third-order valence-electron chi connectivity index (χ3n) is 1.74. The second-order valence-corrected chi connectivity index (χ2v) is 5.21. The van der Waals surface area contributed by atoms with E-state index in [0.717, 1.165) is 0 Å². The van der Waals surface area contributed by atoms with Crippen molar-refractivity contribution in [2.24, 2.45) is 0 Å². The van der Waals surface area contributed by atoms with Crippen LogP contribution in [0.15, 0.2) is 29.6 Å². The van der Waals surface area contributed by atoms with Gasteiger partial charge in [0.25, 0.3) is 0 Å². The van der Waals surface area contributed by atoms with Crippen molar-refractivity contribution in [3.05, 3.63) is 29.6 Å². The number of hydrogen-bond acceptors (Lipinski definition) is 1. The zero-order valence-corrected chi connectivity index (χ0v) is 9.38. The number of hydrogen-bond donors (Lipinski definition) is 0. The van der Waals surface area contributed by atoms with Crippen molar-refractivity contribution in [3.8, 4) is 0 Å². The van der Waals surface area contributed by atoms with E-state index in [1.807, 2.05) is 0 Å². The molecule has 1 saturated heterocycles. The highest BCUT2D eigenvalue weighted by atomic mass is 32.2. The highest BCUT2D eigenvalue weighted by Crippen LogP contribution is 2.14. The van der Waals surface area contributed by atoms with Gasteiger partial charge in [-0.15, -0.1) is 0 Å². The molecule has 12 heavy (non-hydrogen) atoms. The lowest BCUT2D eigenvalue weighted by Gasteiger charge is -2.05. The van der Waals surface area contributed by atoms with Crippen molar-refractivity contribution >= 4 is 20.9 Å². The molecule has 1 fully saturated rings. The average Bonchev–Trinajstić information content (AvgIpc) is 2.24. The van der Waals surface area contributed by atoms with E-state index >= 15 is 0 Å². The molecule has 0 saturated carbocycles. The smallest absolute Gasteiger partial charge is 0.0198 e. The van der Waals surface area contributed by atoms with Crippen molar-refractivity contribution in [3.63, 3.8) is 0 Å². The van der Waals surface area contributed by atoms with Gasteiger partial charge in [0.05, 0.1) is 0 Å². The Kier molecular flexibility index (Phi) is 6.30. The topological polar surface area (TPSA) is 0 Å². The normalized spacial score (nSPS) is 16.0. The van der Waals surface area contributed by atoms with Crippen LogP contribution in [-0.2, 0) is 0 Å². The van der Waals surface area contributed by atoms with Gasteiger partial charge >= 0.3 is 0 Å². The third kappa shape index (κ3) is 5.55. The van der Waals surface area contributed by atoms with Gasteiger partial charge in [-0.2, -0.15) is 11.8 Å². The van der Waals surface area contributed by atoms with Crippen LogP contribution in [0.1, 0.15) is 19.3 Å². The molecule has 2 heterocycles. The molecule has 0 radical (unpaired) electrons. The largest absolute Gasteiger partial charge is 0.162 e. The van der Waals surface area contributed by atoms with Crippen molar-refractivity contribution in [1.29, 1.82) is 0 Å². The molecule has 1 aliphatic rings. The van der Waals surface area contributed by atoms with E-state index in [1.54, 1.807) is 0 Å². The zero-order valence-electron chi connectivity index (χ0n) is 7.41. The van der Waals surface area contributed by atoms with E-state index in [0.29, 0.717) is 9.12 Å².